The lowest BCUT2D eigenvalue weighted by atomic mass is 10.2. The van der Waals surface area contributed by atoms with E-state index in [4.69, 9.17) is 5.11 Å². The van der Waals surface area contributed by atoms with E-state index in [1.165, 1.54) is 16.7 Å². The van der Waals surface area contributed by atoms with Gasteiger partial charge in [0.1, 0.15) is 12.4 Å². The maximum Gasteiger partial charge on any atom is 0.305 e. The van der Waals surface area contributed by atoms with Gasteiger partial charge >= 0.3 is 5.97 Å². The Kier molecular flexibility index (Phi) is 4.99. The van der Waals surface area contributed by atoms with Crippen LogP contribution >= 0.6 is 11.8 Å². The summed E-state index contributed by atoms with van der Waals surface area (Å²) < 4.78 is 0. The van der Waals surface area contributed by atoms with E-state index >= 15 is 0 Å². The van der Waals surface area contributed by atoms with Crippen molar-refractivity contribution >= 4 is 41.1 Å². The van der Waals surface area contributed by atoms with Gasteiger partial charge in [-0.3, -0.25) is 14.4 Å². The highest BCUT2D eigenvalue weighted by atomic mass is 32.2. The number of aliphatic carboxylic acids is 1. The monoisotopic (exact) mass is 357 g/mol. The van der Waals surface area contributed by atoms with E-state index in [0.29, 0.717) is 11.5 Å². The van der Waals surface area contributed by atoms with Gasteiger partial charge in [0.05, 0.1) is 17.4 Å². The molecule has 3 rings (SSSR count). The number of carboxylic acid groups (broad SMARTS) is 1. The Morgan fingerprint density at radius 2 is 1.96 bits per heavy atom. The fourth-order valence-electron chi connectivity index (χ4n) is 2.49. The van der Waals surface area contributed by atoms with Gasteiger partial charge in [-0.05, 0) is 24.3 Å². The molecule has 2 N–H and O–H groups in total. The van der Waals surface area contributed by atoms with Gasteiger partial charge in [0, 0.05) is 11.1 Å². The van der Waals surface area contributed by atoms with Crippen molar-refractivity contribution in [2.24, 2.45) is 0 Å². The van der Waals surface area contributed by atoms with Crippen LogP contribution in [0.4, 0.5) is 11.5 Å². The summed E-state index contributed by atoms with van der Waals surface area (Å²) in [6, 6.07) is 12.2. The molecule has 0 bridgehead atoms. The van der Waals surface area contributed by atoms with Gasteiger partial charge in [-0.2, -0.15) is 0 Å². The van der Waals surface area contributed by atoms with Crippen molar-refractivity contribution in [2.75, 3.05) is 16.8 Å². The SMILES string of the molecule is O=C(O)CC1Sc2ccccc2N(CC(=O)Nc2ccccn2)C1=O. The number of hydrogen-bond acceptors (Lipinski definition) is 5. The highest BCUT2D eigenvalue weighted by Crippen LogP contribution is 2.40. The molecule has 128 valence electrons. The van der Waals surface area contributed by atoms with E-state index in [1.807, 2.05) is 12.1 Å². The first-order valence-electron chi connectivity index (χ1n) is 7.54. The number of pyridine rings is 1. The van der Waals surface area contributed by atoms with Gasteiger partial charge in [-0.1, -0.05) is 18.2 Å². The second-order valence-electron chi connectivity index (χ2n) is 5.36. The molecule has 1 aliphatic heterocycles. The van der Waals surface area contributed by atoms with Gasteiger partial charge in [0.2, 0.25) is 11.8 Å². The molecule has 0 spiro atoms. The second kappa shape index (κ2) is 7.35. The summed E-state index contributed by atoms with van der Waals surface area (Å²) in [5.41, 5.74) is 0.607. The minimum Gasteiger partial charge on any atom is -0.481 e. The van der Waals surface area contributed by atoms with Crippen molar-refractivity contribution in [3.8, 4) is 0 Å². The minimum absolute atomic E-state index is 0.205. The number of carbonyl (C=O) groups excluding carboxylic acids is 2. The lowest BCUT2D eigenvalue weighted by molar-refractivity contribution is -0.138. The third-order valence-electron chi connectivity index (χ3n) is 3.56. The third-order valence-corrected chi connectivity index (χ3v) is 4.81. The summed E-state index contributed by atoms with van der Waals surface area (Å²) in [6.07, 6.45) is 1.26. The molecule has 1 aromatic carbocycles. The molecule has 8 heteroatoms. The zero-order chi connectivity index (χ0) is 17.8. The Hall–Kier alpha value is -2.87. The molecular weight excluding hydrogens is 342 g/mol. The normalized spacial score (nSPS) is 16.2. The molecule has 1 atom stereocenters. The van der Waals surface area contributed by atoms with Crippen molar-refractivity contribution in [3.63, 3.8) is 0 Å². The zero-order valence-corrected chi connectivity index (χ0v) is 13.9. The Morgan fingerprint density at radius 3 is 2.68 bits per heavy atom. The predicted octanol–water partition coefficient (Wildman–Crippen LogP) is 2.00. The molecule has 0 aliphatic carbocycles. The molecular formula is C17H15N3O4S. The minimum atomic E-state index is -1.05. The first-order valence-corrected chi connectivity index (χ1v) is 8.42. The molecule has 2 amide bonds. The zero-order valence-electron chi connectivity index (χ0n) is 13.1. The number of carboxylic acids is 1. The number of nitrogens with one attached hydrogen (secondary N) is 1. The highest BCUT2D eigenvalue weighted by molar-refractivity contribution is 8.01. The van der Waals surface area contributed by atoms with E-state index in [1.54, 1.807) is 36.5 Å². The van der Waals surface area contributed by atoms with E-state index < -0.39 is 17.1 Å². The van der Waals surface area contributed by atoms with Crippen molar-refractivity contribution in [3.05, 3.63) is 48.7 Å². The van der Waals surface area contributed by atoms with Gasteiger partial charge in [-0.15, -0.1) is 11.8 Å². The van der Waals surface area contributed by atoms with Crippen molar-refractivity contribution in [1.29, 1.82) is 0 Å². The maximum atomic E-state index is 12.7. The highest BCUT2D eigenvalue weighted by Gasteiger charge is 2.35. The number of carbonyl (C=O) groups is 3. The Bertz CT molecular complexity index is 813. The number of anilines is 2. The molecule has 1 aliphatic rings. The molecule has 1 unspecified atom stereocenters. The quantitative estimate of drug-likeness (QED) is 0.849. The Labute approximate surface area is 148 Å². The van der Waals surface area contributed by atoms with Crippen LogP contribution in [0.25, 0.3) is 0 Å². The van der Waals surface area contributed by atoms with Crippen LogP contribution in [0.1, 0.15) is 6.42 Å². The van der Waals surface area contributed by atoms with E-state index in [2.05, 4.69) is 10.3 Å². The second-order valence-corrected chi connectivity index (χ2v) is 6.60. The van der Waals surface area contributed by atoms with Crippen LogP contribution < -0.4 is 10.2 Å². The number of thioether (sulfide) groups is 1. The summed E-state index contributed by atoms with van der Waals surface area (Å²) in [5.74, 6) is -1.45. The number of fused-ring (bicyclic) bond motifs is 1. The molecule has 25 heavy (non-hydrogen) atoms. The summed E-state index contributed by atoms with van der Waals surface area (Å²) >= 11 is 1.21. The van der Waals surface area contributed by atoms with Crippen molar-refractivity contribution in [2.45, 2.75) is 16.6 Å². The average Bonchev–Trinajstić information content (AvgIpc) is 2.59. The van der Waals surface area contributed by atoms with Gasteiger partial charge in [-0.25, -0.2) is 4.98 Å². The lowest BCUT2D eigenvalue weighted by Crippen LogP contribution is -2.45. The first-order chi connectivity index (χ1) is 12.0. The van der Waals surface area contributed by atoms with Crippen LogP contribution in [0, 0.1) is 0 Å². The first kappa shape index (κ1) is 17.0. The van der Waals surface area contributed by atoms with Gasteiger partial charge in [0.25, 0.3) is 0 Å². The van der Waals surface area contributed by atoms with Crippen molar-refractivity contribution < 1.29 is 19.5 Å². The summed E-state index contributed by atoms with van der Waals surface area (Å²) in [5, 5.41) is 10.9. The van der Waals surface area contributed by atoms with Crippen LogP contribution in [0.3, 0.4) is 0 Å². The van der Waals surface area contributed by atoms with E-state index in [0.717, 1.165) is 4.90 Å². The molecule has 2 aromatic rings. The molecule has 1 aromatic heterocycles. The summed E-state index contributed by atoms with van der Waals surface area (Å²) in [4.78, 5) is 42.1. The molecule has 2 heterocycles. The number of amides is 2. The third kappa shape index (κ3) is 3.97. The average molecular weight is 357 g/mol. The molecule has 7 nitrogen and oxygen atoms in total. The van der Waals surface area contributed by atoms with Crippen LogP contribution in [0.2, 0.25) is 0 Å². The number of benzene rings is 1. The number of para-hydroxylation sites is 1. The predicted molar refractivity (Wildman–Crippen MR) is 93.6 cm³/mol. The maximum absolute atomic E-state index is 12.7. The van der Waals surface area contributed by atoms with E-state index in [9.17, 15) is 14.4 Å². The summed E-state index contributed by atoms with van der Waals surface area (Å²) in [6.45, 7) is -0.205. The van der Waals surface area contributed by atoms with Gasteiger partial charge in [0.15, 0.2) is 0 Å². The number of aromatic nitrogens is 1. The molecule has 0 radical (unpaired) electrons. The number of rotatable bonds is 5. The van der Waals surface area contributed by atoms with Crippen LogP contribution in [0.15, 0.2) is 53.6 Å². The largest absolute Gasteiger partial charge is 0.481 e. The van der Waals surface area contributed by atoms with Crippen LogP contribution in [-0.4, -0.2) is 39.7 Å². The molecule has 0 saturated carbocycles. The number of nitrogens with zero attached hydrogens (tertiary/aromatic N) is 2. The fraction of sp³-hybridized carbons (Fsp3) is 0.176. The molecule has 0 saturated heterocycles. The topological polar surface area (TPSA) is 99.6 Å². The smallest absolute Gasteiger partial charge is 0.305 e. The lowest BCUT2D eigenvalue weighted by Gasteiger charge is -2.32. The fourth-order valence-corrected chi connectivity index (χ4v) is 3.71. The Balaban J connectivity index is 1.81. The Morgan fingerprint density at radius 1 is 1.20 bits per heavy atom. The van der Waals surface area contributed by atoms with Crippen LogP contribution in [-0.2, 0) is 14.4 Å². The molecule has 0 fully saturated rings. The van der Waals surface area contributed by atoms with Crippen LogP contribution in [0.5, 0.6) is 0 Å². The standard InChI is InChI=1S/C17H15N3O4S/c21-15(19-14-7-3-4-8-18-14)10-20-11-5-1-2-6-12(11)25-13(17(20)24)9-16(22)23/h1-8,13H,9-10H2,(H,22,23)(H,18,19,21). The van der Waals surface area contributed by atoms with E-state index in [-0.39, 0.29) is 18.9 Å². The van der Waals surface area contributed by atoms with Gasteiger partial charge < -0.3 is 15.3 Å². The number of hydrogen-bond donors (Lipinski definition) is 2. The summed E-state index contributed by atoms with van der Waals surface area (Å²) in [7, 11) is 0. The van der Waals surface area contributed by atoms with Crippen molar-refractivity contribution in [1.82, 2.24) is 4.98 Å².